The van der Waals surface area contributed by atoms with E-state index in [0.717, 1.165) is 30.3 Å². The molecule has 0 spiro atoms. The first-order valence-electron chi connectivity index (χ1n) is 9.20. The first-order chi connectivity index (χ1) is 12.6. The van der Waals surface area contributed by atoms with E-state index >= 15 is 0 Å². The highest BCUT2D eigenvalue weighted by molar-refractivity contribution is 8.13. The molecule has 2 aliphatic rings. The van der Waals surface area contributed by atoms with Crippen LogP contribution < -0.4 is 5.32 Å². The second kappa shape index (κ2) is 8.58. The lowest BCUT2D eigenvalue weighted by Gasteiger charge is -2.36. The number of hydrogen-bond acceptors (Lipinski definition) is 5. The van der Waals surface area contributed by atoms with Crippen LogP contribution in [0.15, 0.2) is 35.3 Å². The van der Waals surface area contributed by atoms with Crippen molar-refractivity contribution in [2.75, 3.05) is 13.6 Å². The summed E-state index contributed by atoms with van der Waals surface area (Å²) in [5.41, 5.74) is 1.22. The van der Waals surface area contributed by atoms with E-state index in [1.807, 2.05) is 18.2 Å². The zero-order chi connectivity index (χ0) is 18.5. The number of nitrogens with one attached hydrogen (secondary N) is 1. The predicted molar refractivity (Wildman–Crippen MR) is 105 cm³/mol. The highest BCUT2D eigenvalue weighted by Gasteiger charge is 2.48. The van der Waals surface area contributed by atoms with Gasteiger partial charge >= 0.3 is 6.03 Å². The number of imide groups is 1. The van der Waals surface area contributed by atoms with E-state index < -0.39 is 12.2 Å². The zero-order valence-corrected chi connectivity index (χ0v) is 16.2. The van der Waals surface area contributed by atoms with Gasteiger partial charge in [0.2, 0.25) is 0 Å². The van der Waals surface area contributed by atoms with Crippen molar-refractivity contribution in [3.05, 3.63) is 35.9 Å². The van der Waals surface area contributed by atoms with Gasteiger partial charge in [-0.1, -0.05) is 68.3 Å². The Balaban J connectivity index is 1.74. The number of carbonyl (C=O) groups is 2. The van der Waals surface area contributed by atoms with Crippen molar-refractivity contribution in [1.82, 2.24) is 15.1 Å². The van der Waals surface area contributed by atoms with Crippen LogP contribution in [0.25, 0.3) is 0 Å². The molecule has 0 radical (unpaired) electrons. The van der Waals surface area contributed by atoms with Crippen molar-refractivity contribution in [1.29, 1.82) is 0 Å². The van der Waals surface area contributed by atoms with Crippen LogP contribution >= 0.6 is 11.8 Å². The van der Waals surface area contributed by atoms with E-state index in [-0.39, 0.29) is 11.9 Å². The number of carbonyl (C=O) groups excluding carboxylic acids is 2. The molecule has 0 aromatic heterocycles. The number of thioether (sulfide) groups is 1. The lowest BCUT2D eigenvalue weighted by molar-refractivity contribution is -0.127. The topological polar surface area (TPSA) is 65.0 Å². The van der Waals surface area contributed by atoms with Gasteiger partial charge in [0.05, 0.1) is 0 Å². The third-order valence-corrected chi connectivity index (χ3v) is 5.86. The number of amidine groups is 1. The van der Waals surface area contributed by atoms with E-state index in [1.54, 1.807) is 18.8 Å². The maximum atomic E-state index is 12.5. The molecule has 1 fully saturated rings. The molecule has 2 heterocycles. The van der Waals surface area contributed by atoms with Crippen LogP contribution in [-0.4, -0.2) is 52.7 Å². The predicted octanol–water partition coefficient (Wildman–Crippen LogP) is 3.05. The van der Waals surface area contributed by atoms with Crippen LogP contribution in [0.1, 0.15) is 38.2 Å². The first-order valence-corrected chi connectivity index (χ1v) is 10.2. The Kier molecular flexibility index (Phi) is 6.19. The molecule has 0 aliphatic carbocycles. The average molecular weight is 375 g/mol. The van der Waals surface area contributed by atoms with Crippen molar-refractivity contribution in [2.45, 2.75) is 50.6 Å². The van der Waals surface area contributed by atoms with Gasteiger partial charge in [-0.2, -0.15) is 0 Å². The Labute approximate surface area is 159 Å². The number of likely N-dealkylation sites (N-methyl/N-ethyl adjacent to an activating group) is 1. The van der Waals surface area contributed by atoms with Gasteiger partial charge in [-0.25, -0.2) is 9.79 Å². The summed E-state index contributed by atoms with van der Waals surface area (Å²) in [7, 11) is 1.70. The summed E-state index contributed by atoms with van der Waals surface area (Å²) in [5, 5.41) is 3.31. The molecule has 6 nitrogen and oxygen atoms in total. The Morgan fingerprint density at radius 2 is 1.92 bits per heavy atom. The molecular weight excluding hydrogens is 348 g/mol. The highest BCUT2D eigenvalue weighted by Crippen LogP contribution is 2.30. The summed E-state index contributed by atoms with van der Waals surface area (Å²) in [4.78, 5) is 32.8. The van der Waals surface area contributed by atoms with Crippen molar-refractivity contribution in [3.8, 4) is 0 Å². The normalized spacial score (nSPS) is 22.3. The average Bonchev–Trinajstić information content (AvgIpc) is 3.02. The molecule has 2 atom stereocenters. The lowest BCUT2D eigenvalue weighted by atomic mass is 10.1. The summed E-state index contributed by atoms with van der Waals surface area (Å²) in [5.74, 6) is 0.553. The zero-order valence-electron chi connectivity index (χ0n) is 15.4. The standard InChI is InChI=1S/C19H26N4O2S/c1-3-4-5-9-12-23-15-16(22(2)18(25)21-17(15)24)20-19(23)26-13-14-10-7-6-8-11-14/h6-8,10-11,15-16H,3-5,9,12-13H2,1-2H3,(H,21,24,25). The molecule has 2 unspecified atom stereocenters. The van der Waals surface area contributed by atoms with E-state index in [9.17, 15) is 9.59 Å². The molecule has 1 aromatic carbocycles. The number of hydrogen-bond donors (Lipinski definition) is 1. The summed E-state index contributed by atoms with van der Waals surface area (Å²) in [6.07, 6.45) is 4.09. The van der Waals surface area contributed by atoms with Crippen LogP contribution in [0.4, 0.5) is 4.79 Å². The fourth-order valence-corrected chi connectivity index (χ4v) is 4.33. The largest absolute Gasteiger partial charge is 0.336 e. The SMILES string of the molecule is CCCCCCN1C(SCc2ccccc2)=NC2C1C(=O)NC(=O)N2C. The van der Waals surface area contributed by atoms with Crippen molar-refractivity contribution >= 4 is 28.9 Å². The number of fused-ring (bicyclic) bond motifs is 1. The minimum atomic E-state index is -0.430. The van der Waals surface area contributed by atoms with Crippen LogP contribution in [0.3, 0.4) is 0 Å². The Bertz CT molecular complexity index is 679. The minimum absolute atomic E-state index is 0.243. The van der Waals surface area contributed by atoms with Crippen LogP contribution in [0.5, 0.6) is 0 Å². The fourth-order valence-electron chi connectivity index (χ4n) is 3.29. The monoisotopic (exact) mass is 374 g/mol. The van der Waals surface area contributed by atoms with Gasteiger partial charge in [0, 0.05) is 19.3 Å². The summed E-state index contributed by atoms with van der Waals surface area (Å²) < 4.78 is 0. The van der Waals surface area contributed by atoms with Gasteiger partial charge in [0.25, 0.3) is 5.91 Å². The number of unbranched alkanes of at least 4 members (excludes halogenated alkanes) is 3. The highest BCUT2D eigenvalue weighted by atomic mass is 32.2. The molecule has 1 N–H and O–H groups in total. The number of amides is 3. The quantitative estimate of drug-likeness (QED) is 0.745. The van der Waals surface area contributed by atoms with Gasteiger partial charge in [0.1, 0.15) is 0 Å². The Hall–Kier alpha value is -2.02. The maximum absolute atomic E-state index is 12.5. The van der Waals surface area contributed by atoms with Crippen LogP contribution in [0, 0.1) is 0 Å². The lowest BCUT2D eigenvalue weighted by Crippen LogP contribution is -2.63. The molecular formula is C19H26N4O2S. The van der Waals surface area contributed by atoms with Gasteiger partial charge in [-0.3, -0.25) is 10.1 Å². The van der Waals surface area contributed by atoms with E-state index in [1.165, 1.54) is 23.3 Å². The molecule has 1 aromatic rings. The van der Waals surface area contributed by atoms with Gasteiger partial charge in [-0.15, -0.1) is 0 Å². The van der Waals surface area contributed by atoms with Crippen LogP contribution in [-0.2, 0) is 10.5 Å². The van der Waals surface area contributed by atoms with Gasteiger partial charge < -0.3 is 9.80 Å². The van der Waals surface area contributed by atoms with Crippen LogP contribution in [0.2, 0.25) is 0 Å². The molecule has 140 valence electrons. The molecule has 26 heavy (non-hydrogen) atoms. The minimum Gasteiger partial charge on any atom is -0.336 e. The van der Waals surface area contributed by atoms with Gasteiger partial charge in [-0.05, 0) is 12.0 Å². The van der Waals surface area contributed by atoms with Crippen molar-refractivity contribution in [3.63, 3.8) is 0 Å². The number of nitrogens with zero attached hydrogens (tertiary/aromatic N) is 3. The number of rotatable bonds is 7. The number of aliphatic imine (C=N–C) groups is 1. The van der Waals surface area contributed by atoms with Crippen molar-refractivity contribution in [2.24, 2.45) is 4.99 Å². The Morgan fingerprint density at radius 1 is 1.15 bits per heavy atom. The molecule has 3 amide bonds. The molecule has 2 aliphatic heterocycles. The van der Waals surface area contributed by atoms with Crippen molar-refractivity contribution < 1.29 is 9.59 Å². The Morgan fingerprint density at radius 3 is 2.65 bits per heavy atom. The van der Waals surface area contributed by atoms with E-state index in [0.29, 0.717) is 0 Å². The number of urea groups is 1. The third-order valence-electron chi connectivity index (χ3n) is 4.79. The summed E-state index contributed by atoms with van der Waals surface area (Å²) in [6.45, 7) is 2.97. The smallest absolute Gasteiger partial charge is 0.325 e. The molecule has 0 bridgehead atoms. The van der Waals surface area contributed by atoms with Gasteiger partial charge in [0.15, 0.2) is 17.4 Å². The fraction of sp³-hybridized carbons (Fsp3) is 0.526. The van der Waals surface area contributed by atoms with E-state index in [2.05, 4.69) is 29.3 Å². The maximum Gasteiger partial charge on any atom is 0.325 e. The second-order valence-corrected chi connectivity index (χ2v) is 7.65. The molecule has 3 rings (SSSR count). The summed E-state index contributed by atoms with van der Waals surface area (Å²) in [6, 6.07) is 9.43. The molecule has 1 saturated heterocycles. The first kappa shape index (κ1) is 18.8. The molecule has 7 heteroatoms. The summed E-state index contributed by atoms with van der Waals surface area (Å²) >= 11 is 1.64. The number of benzene rings is 1. The second-order valence-electron chi connectivity index (χ2n) is 6.70. The third kappa shape index (κ3) is 4.03. The van der Waals surface area contributed by atoms with E-state index in [4.69, 9.17) is 4.99 Å². The molecule has 0 saturated carbocycles.